The van der Waals surface area contributed by atoms with E-state index in [9.17, 15) is 4.79 Å². The molecule has 0 spiro atoms. The second kappa shape index (κ2) is 1.69. The molecule has 41 valence electrons. The zero-order valence-electron chi connectivity index (χ0n) is 4.16. The highest BCUT2D eigenvalue weighted by molar-refractivity contribution is 5.95. The van der Waals surface area contributed by atoms with Crippen molar-refractivity contribution in [2.45, 2.75) is 0 Å². The molecular formula is C5H5N2O. The largest absolute Gasteiger partial charge is 0.366 e. The predicted molar refractivity (Wildman–Crippen MR) is 28.6 cm³/mol. The average molecular weight is 109 g/mol. The molecule has 0 atom stereocenters. The molecule has 0 aromatic heterocycles. The van der Waals surface area contributed by atoms with E-state index in [-0.39, 0.29) is 0 Å². The molecule has 3 heteroatoms. The SMILES string of the molecule is NC(=O)C1=C[N]C=C1. The quantitative estimate of drug-likeness (QED) is 0.484. The molecule has 0 aromatic rings. The molecular weight excluding hydrogens is 104 g/mol. The number of hydrogen-bond donors (Lipinski definition) is 1. The van der Waals surface area contributed by atoms with Crippen LogP contribution in [0.3, 0.4) is 0 Å². The summed E-state index contributed by atoms with van der Waals surface area (Å²) in [6, 6.07) is 0. The van der Waals surface area contributed by atoms with Gasteiger partial charge in [-0.05, 0) is 6.08 Å². The highest BCUT2D eigenvalue weighted by Gasteiger charge is 2.02. The van der Waals surface area contributed by atoms with E-state index in [1.54, 1.807) is 6.08 Å². The Labute approximate surface area is 46.9 Å². The number of nitrogens with zero attached hydrogens (tertiary/aromatic N) is 1. The van der Waals surface area contributed by atoms with Crippen molar-refractivity contribution in [3.05, 3.63) is 24.0 Å². The Hall–Kier alpha value is -1.25. The van der Waals surface area contributed by atoms with Gasteiger partial charge in [0.15, 0.2) is 0 Å². The van der Waals surface area contributed by atoms with Gasteiger partial charge in [0, 0.05) is 12.4 Å². The van der Waals surface area contributed by atoms with Crippen molar-refractivity contribution in [1.29, 1.82) is 0 Å². The lowest BCUT2D eigenvalue weighted by Crippen LogP contribution is -2.11. The third-order valence-electron chi connectivity index (χ3n) is 0.838. The van der Waals surface area contributed by atoms with E-state index in [0.717, 1.165) is 0 Å². The molecule has 0 aromatic carbocycles. The van der Waals surface area contributed by atoms with Crippen molar-refractivity contribution in [3.63, 3.8) is 0 Å². The van der Waals surface area contributed by atoms with Gasteiger partial charge in [0.05, 0.1) is 5.57 Å². The first kappa shape index (κ1) is 4.90. The van der Waals surface area contributed by atoms with Crippen molar-refractivity contribution >= 4 is 5.91 Å². The second-order valence-electron chi connectivity index (χ2n) is 1.41. The zero-order chi connectivity index (χ0) is 5.98. The molecule has 1 rings (SSSR count). The fourth-order valence-corrected chi connectivity index (χ4v) is 0.435. The van der Waals surface area contributed by atoms with Gasteiger partial charge in [-0.15, -0.1) is 0 Å². The minimum Gasteiger partial charge on any atom is -0.366 e. The summed E-state index contributed by atoms with van der Waals surface area (Å²) >= 11 is 0. The molecule has 1 radical (unpaired) electrons. The van der Waals surface area contributed by atoms with Gasteiger partial charge in [0.2, 0.25) is 5.91 Å². The molecule has 0 bridgehead atoms. The van der Waals surface area contributed by atoms with Gasteiger partial charge in [-0.3, -0.25) is 10.1 Å². The first-order valence-corrected chi connectivity index (χ1v) is 2.17. The van der Waals surface area contributed by atoms with Crippen LogP contribution in [-0.4, -0.2) is 5.91 Å². The van der Waals surface area contributed by atoms with E-state index in [1.807, 2.05) is 0 Å². The van der Waals surface area contributed by atoms with Gasteiger partial charge >= 0.3 is 0 Å². The molecule has 1 heterocycles. The fraction of sp³-hybridized carbons (Fsp3) is 0. The molecule has 0 saturated carbocycles. The van der Waals surface area contributed by atoms with E-state index in [2.05, 4.69) is 5.32 Å². The summed E-state index contributed by atoms with van der Waals surface area (Å²) in [5.41, 5.74) is 5.34. The maximum absolute atomic E-state index is 10.2. The summed E-state index contributed by atoms with van der Waals surface area (Å²) in [6.07, 6.45) is 4.53. The van der Waals surface area contributed by atoms with Crippen LogP contribution in [0.1, 0.15) is 0 Å². The first-order valence-electron chi connectivity index (χ1n) is 2.17. The first-order chi connectivity index (χ1) is 3.80. The van der Waals surface area contributed by atoms with Gasteiger partial charge in [0.1, 0.15) is 0 Å². The van der Waals surface area contributed by atoms with Gasteiger partial charge < -0.3 is 5.73 Å². The van der Waals surface area contributed by atoms with Crippen molar-refractivity contribution in [2.75, 3.05) is 0 Å². The summed E-state index contributed by atoms with van der Waals surface area (Å²) < 4.78 is 0. The third kappa shape index (κ3) is 0.703. The molecule has 2 N–H and O–H groups in total. The van der Waals surface area contributed by atoms with E-state index in [4.69, 9.17) is 5.73 Å². The van der Waals surface area contributed by atoms with Crippen LogP contribution in [0.5, 0.6) is 0 Å². The van der Waals surface area contributed by atoms with Crippen molar-refractivity contribution in [3.8, 4) is 0 Å². The van der Waals surface area contributed by atoms with Crippen LogP contribution in [0.25, 0.3) is 0 Å². The van der Waals surface area contributed by atoms with E-state index in [0.29, 0.717) is 5.57 Å². The zero-order valence-corrected chi connectivity index (χ0v) is 4.16. The Bertz CT molecular complexity index is 169. The number of hydrogen-bond acceptors (Lipinski definition) is 1. The monoisotopic (exact) mass is 109 g/mol. The molecule has 1 amide bonds. The minimum atomic E-state index is -0.428. The van der Waals surface area contributed by atoms with Crippen molar-refractivity contribution < 1.29 is 4.79 Å². The fourth-order valence-electron chi connectivity index (χ4n) is 0.435. The Kier molecular flexibility index (Phi) is 1.04. The van der Waals surface area contributed by atoms with Crippen LogP contribution in [0.2, 0.25) is 0 Å². The smallest absolute Gasteiger partial charge is 0.250 e. The number of nitrogens with two attached hydrogens (primary N) is 1. The normalized spacial score (nSPS) is 15.2. The summed E-state index contributed by atoms with van der Waals surface area (Å²) in [5, 5.41) is 3.64. The van der Waals surface area contributed by atoms with Crippen LogP contribution in [0, 0.1) is 0 Å². The maximum atomic E-state index is 10.2. The van der Waals surface area contributed by atoms with Crippen LogP contribution < -0.4 is 11.1 Å². The highest BCUT2D eigenvalue weighted by Crippen LogP contribution is 1.99. The lowest BCUT2D eigenvalue weighted by atomic mass is 10.3. The lowest BCUT2D eigenvalue weighted by Gasteiger charge is -1.83. The van der Waals surface area contributed by atoms with E-state index >= 15 is 0 Å². The summed E-state index contributed by atoms with van der Waals surface area (Å²) in [5.74, 6) is -0.428. The van der Waals surface area contributed by atoms with Crippen LogP contribution in [0.15, 0.2) is 24.0 Å². The Morgan fingerprint density at radius 2 is 2.50 bits per heavy atom. The summed E-state index contributed by atoms with van der Waals surface area (Å²) in [7, 11) is 0. The number of rotatable bonds is 1. The Morgan fingerprint density at radius 3 is 2.75 bits per heavy atom. The topological polar surface area (TPSA) is 57.2 Å². The number of carbonyl (C=O) groups excluding carboxylic acids is 1. The van der Waals surface area contributed by atoms with Gasteiger partial charge in [-0.1, -0.05) is 0 Å². The lowest BCUT2D eigenvalue weighted by molar-refractivity contribution is -0.114. The number of carbonyl (C=O) groups is 1. The van der Waals surface area contributed by atoms with Crippen LogP contribution in [-0.2, 0) is 4.79 Å². The van der Waals surface area contributed by atoms with Gasteiger partial charge in [0.25, 0.3) is 0 Å². The molecule has 1 aliphatic rings. The maximum Gasteiger partial charge on any atom is 0.250 e. The Morgan fingerprint density at radius 1 is 1.75 bits per heavy atom. The van der Waals surface area contributed by atoms with Crippen LogP contribution >= 0.6 is 0 Å². The van der Waals surface area contributed by atoms with Crippen LogP contribution in [0.4, 0.5) is 0 Å². The summed E-state index contributed by atoms with van der Waals surface area (Å²) in [6.45, 7) is 0. The molecule has 0 saturated heterocycles. The molecule has 0 unspecified atom stereocenters. The third-order valence-corrected chi connectivity index (χ3v) is 0.838. The molecule has 8 heavy (non-hydrogen) atoms. The second-order valence-corrected chi connectivity index (χ2v) is 1.41. The molecule has 0 aliphatic carbocycles. The standard InChI is InChI=1S/C5H5N2O/c6-5(8)4-1-2-7-3-4/h1-3H,(H2,6,8). The van der Waals surface area contributed by atoms with Crippen molar-refractivity contribution in [2.24, 2.45) is 5.73 Å². The van der Waals surface area contributed by atoms with Gasteiger partial charge in [-0.2, -0.15) is 0 Å². The molecule has 1 aliphatic heterocycles. The summed E-state index contributed by atoms with van der Waals surface area (Å²) in [4.78, 5) is 10.2. The number of primary amides is 1. The number of amides is 1. The molecule has 0 fully saturated rings. The highest BCUT2D eigenvalue weighted by atomic mass is 16.1. The predicted octanol–water partition coefficient (Wildman–Crippen LogP) is -0.513. The van der Waals surface area contributed by atoms with E-state index < -0.39 is 5.91 Å². The van der Waals surface area contributed by atoms with E-state index in [1.165, 1.54) is 12.4 Å². The molecule has 3 nitrogen and oxygen atoms in total. The Balaban J connectivity index is 2.72. The van der Waals surface area contributed by atoms with Gasteiger partial charge in [-0.25, -0.2) is 0 Å². The minimum absolute atomic E-state index is 0.428. The average Bonchev–Trinajstić information content (AvgIpc) is 2.12. The van der Waals surface area contributed by atoms with Crippen molar-refractivity contribution in [1.82, 2.24) is 5.32 Å².